The lowest BCUT2D eigenvalue weighted by Crippen LogP contribution is -2.34. The summed E-state index contributed by atoms with van der Waals surface area (Å²) in [5.41, 5.74) is 10.2. The Labute approximate surface area is 141 Å². The van der Waals surface area contributed by atoms with Crippen molar-refractivity contribution in [2.24, 2.45) is 11.5 Å². The lowest BCUT2D eigenvalue weighted by molar-refractivity contribution is -0.134. The van der Waals surface area contributed by atoms with E-state index in [1.54, 1.807) is 0 Å². The first-order valence-electron chi connectivity index (χ1n) is 9.27. The molecule has 2 amide bonds. The molecule has 23 heavy (non-hydrogen) atoms. The number of unbranched alkanes of at least 4 members (excludes halogenated alkanes) is 11. The summed E-state index contributed by atoms with van der Waals surface area (Å²) in [6.07, 6.45) is 15.1. The highest BCUT2D eigenvalue weighted by molar-refractivity contribution is 5.80. The van der Waals surface area contributed by atoms with E-state index in [1.807, 2.05) is 0 Å². The summed E-state index contributed by atoms with van der Waals surface area (Å²) >= 11 is 0. The zero-order chi connectivity index (χ0) is 17.3. The van der Waals surface area contributed by atoms with Crippen LogP contribution >= 0.6 is 0 Å². The van der Waals surface area contributed by atoms with E-state index in [0.29, 0.717) is 6.42 Å². The van der Waals surface area contributed by atoms with Crippen LogP contribution in [0, 0.1) is 0 Å². The number of ether oxygens (including phenoxy) is 1. The van der Waals surface area contributed by atoms with Gasteiger partial charge in [-0.25, -0.2) is 0 Å². The number of hydrogen-bond acceptors (Lipinski definition) is 3. The molecule has 1 atom stereocenters. The zero-order valence-corrected chi connectivity index (χ0v) is 14.9. The lowest BCUT2D eigenvalue weighted by Gasteiger charge is -2.13. The average Bonchev–Trinajstić information content (AvgIpc) is 2.50. The minimum Gasteiger partial charge on any atom is -0.368 e. The van der Waals surface area contributed by atoms with E-state index in [1.165, 1.54) is 64.2 Å². The van der Waals surface area contributed by atoms with Crippen LogP contribution in [0.2, 0.25) is 0 Å². The van der Waals surface area contributed by atoms with Gasteiger partial charge >= 0.3 is 0 Å². The van der Waals surface area contributed by atoms with Crippen molar-refractivity contribution in [1.82, 2.24) is 0 Å². The van der Waals surface area contributed by atoms with Crippen LogP contribution in [0.5, 0.6) is 0 Å². The van der Waals surface area contributed by atoms with Gasteiger partial charge in [0, 0.05) is 0 Å². The van der Waals surface area contributed by atoms with E-state index >= 15 is 0 Å². The fraction of sp³-hybridized carbons (Fsp3) is 0.889. The molecule has 0 aliphatic rings. The predicted molar refractivity (Wildman–Crippen MR) is 93.8 cm³/mol. The van der Waals surface area contributed by atoms with Crippen molar-refractivity contribution in [3.63, 3.8) is 0 Å². The minimum atomic E-state index is -0.689. The summed E-state index contributed by atoms with van der Waals surface area (Å²) in [6.45, 7) is 2.00. The predicted octanol–water partition coefficient (Wildman–Crippen LogP) is 3.43. The third-order valence-corrected chi connectivity index (χ3v) is 4.06. The van der Waals surface area contributed by atoms with E-state index in [2.05, 4.69) is 6.92 Å². The van der Waals surface area contributed by atoms with E-state index < -0.39 is 17.9 Å². The van der Waals surface area contributed by atoms with Crippen LogP contribution in [-0.4, -0.2) is 24.5 Å². The fourth-order valence-corrected chi connectivity index (χ4v) is 2.66. The summed E-state index contributed by atoms with van der Waals surface area (Å²) in [5, 5.41) is 0. The van der Waals surface area contributed by atoms with Gasteiger partial charge in [0.05, 0.1) is 0 Å². The van der Waals surface area contributed by atoms with Gasteiger partial charge in [0.25, 0.3) is 0 Å². The number of nitrogens with two attached hydrogens (primary N) is 2. The second-order valence-corrected chi connectivity index (χ2v) is 6.35. The molecule has 0 saturated heterocycles. The maximum atomic E-state index is 11.2. The Hall–Kier alpha value is -1.10. The third kappa shape index (κ3) is 15.6. The van der Waals surface area contributed by atoms with Crippen LogP contribution in [0.4, 0.5) is 0 Å². The molecule has 0 fully saturated rings. The maximum absolute atomic E-state index is 11.2. The molecule has 5 nitrogen and oxygen atoms in total. The number of carbonyl (C=O) groups excluding carboxylic acids is 2. The Balaban J connectivity index is 3.39. The SMILES string of the molecule is CCCCCCCCCCCCCCC(OCC(N)=O)C(N)=O. The molecule has 136 valence electrons. The Morgan fingerprint density at radius 2 is 1.22 bits per heavy atom. The van der Waals surface area contributed by atoms with Gasteiger partial charge in [-0.3, -0.25) is 9.59 Å². The molecule has 0 aromatic rings. The van der Waals surface area contributed by atoms with Crippen molar-refractivity contribution >= 4 is 11.8 Å². The van der Waals surface area contributed by atoms with Crippen LogP contribution in [0.15, 0.2) is 0 Å². The van der Waals surface area contributed by atoms with Gasteiger partial charge in [0.15, 0.2) is 0 Å². The molecule has 0 aromatic heterocycles. The number of rotatable bonds is 17. The summed E-state index contributed by atoms with van der Waals surface area (Å²) in [4.78, 5) is 21.8. The van der Waals surface area contributed by atoms with Crippen molar-refractivity contribution in [3.8, 4) is 0 Å². The standard InChI is InChI=1S/C18H36N2O3/c1-2-3-4-5-6-7-8-9-10-11-12-13-14-16(18(20)22)23-15-17(19)21/h16H,2-15H2,1H3,(H2,19,21)(H2,20,22). The van der Waals surface area contributed by atoms with Crippen LogP contribution in [0.25, 0.3) is 0 Å². The van der Waals surface area contributed by atoms with E-state index in [-0.39, 0.29) is 6.61 Å². The first kappa shape index (κ1) is 21.9. The molecule has 0 aliphatic heterocycles. The van der Waals surface area contributed by atoms with E-state index in [4.69, 9.17) is 16.2 Å². The van der Waals surface area contributed by atoms with Crippen LogP contribution in [-0.2, 0) is 14.3 Å². The molecule has 0 spiro atoms. The Kier molecular flexibility index (Phi) is 15.0. The van der Waals surface area contributed by atoms with Crippen molar-refractivity contribution in [1.29, 1.82) is 0 Å². The summed E-state index contributed by atoms with van der Waals surface area (Å²) < 4.78 is 5.12. The minimum absolute atomic E-state index is 0.244. The van der Waals surface area contributed by atoms with Crippen LogP contribution in [0.3, 0.4) is 0 Å². The largest absolute Gasteiger partial charge is 0.368 e. The van der Waals surface area contributed by atoms with Crippen molar-refractivity contribution in [3.05, 3.63) is 0 Å². The Morgan fingerprint density at radius 1 is 0.783 bits per heavy atom. The smallest absolute Gasteiger partial charge is 0.246 e. The van der Waals surface area contributed by atoms with Gasteiger partial charge in [-0.05, 0) is 6.42 Å². The second-order valence-electron chi connectivity index (χ2n) is 6.35. The van der Waals surface area contributed by atoms with Crippen molar-refractivity contribution in [2.75, 3.05) is 6.61 Å². The summed E-state index contributed by atoms with van der Waals surface area (Å²) in [5.74, 6) is -1.10. The van der Waals surface area contributed by atoms with Gasteiger partial charge < -0.3 is 16.2 Å². The Morgan fingerprint density at radius 3 is 1.61 bits per heavy atom. The van der Waals surface area contributed by atoms with Gasteiger partial charge in [-0.2, -0.15) is 0 Å². The average molecular weight is 328 g/mol. The van der Waals surface area contributed by atoms with Gasteiger partial charge in [0.1, 0.15) is 12.7 Å². The molecular weight excluding hydrogens is 292 g/mol. The second kappa shape index (κ2) is 15.8. The first-order valence-corrected chi connectivity index (χ1v) is 9.27. The molecule has 0 aliphatic carbocycles. The van der Waals surface area contributed by atoms with Gasteiger partial charge in [-0.1, -0.05) is 84.0 Å². The number of primary amides is 2. The highest BCUT2D eigenvalue weighted by atomic mass is 16.5. The number of carbonyl (C=O) groups is 2. The molecule has 0 bridgehead atoms. The summed E-state index contributed by atoms with van der Waals surface area (Å²) in [6, 6.07) is 0. The van der Waals surface area contributed by atoms with E-state index in [0.717, 1.165) is 12.8 Å². The molecule has 1 unspecified atom stereocenters. The van der Waals surface area contributed by atoms with Crippen LogP contribution < -0.4 is 11.5 Å². The lowest BCUT2D eigenvalue weighted by atomic mass is 10.0. The molecule has 0 rings (SSSR count). The molecule has 0 radical (unpaired) electrons. The fourth-order valence-electron chi connectivity index (χ4n) is 2.66. The Bertz CT molecular complexity index is 309. The van der Waals surface area contributed by atoms with Gasteiger partial charge in [0.2, 0.25) is 11.8 Å². The molecule has 4 N–H and O–H groups in total. The normalized spacial score (nSPS) is 12.2. The van der Waals surface area contributed by atoms with Crippen molar-refractivity contribution in [2.45, 2.75) is 96.5 Å². The van der Waals surface area contributed by atoms with E-state index in [9.17, 15) is 9.59 Å². The molecule has 0 heterocycles. The highest BCUT2D eigenvalue weighted by Gasteiger charge is 2.16. The number of amides is 2. The molecule has 5 heteroatoms. The monoisotopic (exact) mass is 328 g/mol. The quantitative estimate of drug-likeness (QED) is 0.400. The van der Waals surface area contributed by atoms with Crippen LogP contribution in [0.1, 0.15) is 90.4 Å². The zero-order valence-electron chi connectivity index (χ0n) is 14.9. The molecular formula is C18H36N2O3. The number of hydrogen-bond donors (Lipinski definition) is 2. The molecule has 0 saturated carbocycles. The van der Waals surface area contributed by atoms with Crippen molar-refractivity contribution < 1.29 is 14.3 Å². The van der Waals surface area contributed by atoms with Gasteiger partial charge in [-0.15, -0.1) is 0 Å². The highest BCUT2D eigenvalue weighted by Crippen LogP contribution is 2.13. The third-order valence-electron chi connectivity index (χ3n) is 4.06. The first-order chi connectivity index (χ1) is 11.1. The summed E-state index contributed by atoms with van der Waals surface area (Å²) in [7, 11) is 0. The topological polar surface area (TPSA) is 95.4 Å². The molecule has 0 aromatic carbocycles. The maximum Gasteiger partial charge on any atom is 0.246 e.